The number of unbranched alkanes of at least 4 members (excludes halogenated alkanes) is 1. The van der Waals surface area contributed by atoms with Crippen LogP contribution in [0, 0.1) is 0 Å². The van der Waals surface area contributed by atoms with Gasteiger partial charge in [0, 0.05) is 25.8 Å². The number of hydrogen-bond acceptors (Lipinski definition) is 5. The predicted octanol–water partition coefficient (Wildman–Crippen LogP) is 5.76. The Morgan fingerprint density at radius 3 is 2.18 bits per heavy atom. The molecule has 1 fully saturated rings. The van der Waals surface area contributed by atoms with Gasteiger partial charge < -0.3 is 15.5 Å². The molecule has 3 rings (SSSR count). The fraction of sp³-hybridized carbons (Fsp3) is 0.485. The van der Waals surface area contributed by atoms with Gasteiger partial charge in [-0.3, -0.25) is 10.2 Å². The van der Waals surface area contributed by atoms with Crippen molar-refractivity contribution in [1.29, 1.82) is 0 Å². The SMILES string of the molecule is C=C.C=C(CN(C)NCc1ccccc1)N1C(N)CN(CCCCc2ccc(CC)cc2)C(=O)C1C.CCC. The first-order valence-electron chi connectivity index (χ1n) is 14.4. The number of nitrogens with two attached hydrogens (primary N) is 1. The van der Waals surface area contributed by atoms with Crippen molar-refractivity contribution in [1.82, 2.24) is 20.2 Å². The normalized spacial score (nSPS) is 16.7. The highest BCUT2D eigenvalue weighted by Gasteiger charge is 2.36. The van der Waals surface area contributed by atoms with Gasteiger partial charge in [0.05, 0.1) is 19.3 Å². The van der Waals surface area contributed by atoms with Crippen molar-refractivity contribution in [2.24, 2.45) is 5.73 Å². The van der Waals surface area contributed by atoms with Crippen LogP contribution < -0.4 is 11.2 Å². The highest BCUT2D eigenvalue weighted by Crippen LogP contribution is 2.20. The maximum absolute atomic E-state index is 13.1. The lowest BCUT2D eigenvalue weighted by atomic mass is 10.0. The fourth-order valence-corrected chi connectivity index (χ4v) is 4.59. The number of benzene rings is 2. The molecule has 2 aromatic rings. The highest BCUT2D eigenvalue weighted by molar-refractivity contribution is 5.82. The average molecular weight is 536 g/mol. The molecule has 0 saturated carbocycles. The Morgan fingerprint density at radius 1 is 1.00 bits per heavy atom. The van der Waals surface area contributed by atoms with Gasteiger partial charge in [-0.05, 0) is 49.3 Å². The summed E-state index contributed by atoms with van der Waals surface area (Å²) in [5, 5.41) is 2.00. The second-order valence-electron chi connectivity index (χ2n) is 10.0. The number of hydrazine groups is 1. The van der Waals surface area contributed by atoms with Crippen LogP contribution in [0.1, 0.15) is 63.6 Å². The van der Waals surface area contributed by atoms with E-state index in [0.29, 0.717) is 13.1 Å². The number of carbonyl (C=O) groups excluding carboxylic acids is 1. The Morgan fingerprint density at radius 2 is 1.59 bits per heavy atom. The summed E-state index contributed by atoms with van der Waals surface area (Å²) in [5.41, 5.74) is 14.7. The smallest absolute Gasteiger partial charge is 0.245 e. The molecule has 0 aliphatic carbocycles. The molecule has 1 heterocycles. The summed E-state index contributed by atoms with van der Waals surface area (Å²) in [6.07, 6.45) is 5.16. The number of carbonyl (C=O) groups is 1. The summed E-state index contributed by atoms with van der Waals surface area (Å²) in [4.78, 5) is 17.0. The summed E-state index contributed by atoms with van der Waals surface area (Å²) in [5.74, 6) is 0.134. The van der Waals surface area contributed by atoms with E-state index in [1.165, 1.54) is 23.1 Å². The van der Waals surface area contributed by atoms with Crippen molar-refractivity contribution >= 4 is 5.91 Å². The van der Waals surface area contributed by atoms with Crippen LogP contribution in [-0.2, 0) is 24.2 Å². The molecule has 0 spiro atoms. The Hall–Kier alpha value is -2.93. The van der Waals surface area contributed by atoms with Crippen molar-refractivity contribution in [2.75, 3.05) is 26.7 Å². The highest BCUT2D eigenvalue weighted by atomic mass is 16.2. The zero-order chi connectivity index (χ0) is 29.2. The third-order valence-electron chi connectivity index (χ3n) is 6.61. The van der Waals surface area contributed by atoms with Crippen LogP contribution in [0.4, 0.5) is 0 Å². The molecular weight excluding hydrogens is 482 g/mol. The second kappa shape index (κ2) is 19.2. The number of nitrogens with one attached hydrogen (secondary N) is 1. The van der Waals surface area contributed by atoms with Crippen LogP contribution in [0.2, 0.25) is 0 Å². The largest absolute Gasteiger partial charge is 0.345 e. The first-order chi connectivity index (χ1) is 18.8. The second-order valence-corrected chi connectivity index (χ2v) is 10.0. The molecule has 6 nitrogen and oxygen atoms in total. The molecule has 3 N–H and O–H groups in total. The lowest BCUT2D eigenvalue weighted by molar-refractivity contribution is -0.142. The van der Waals surface area contributed by atoms with E-state index in [2.05, 4.69) is 82.3 Å². The summed E-state index contributed by atoms with van der Waals surface area (Å²) in [7, 11) is 1.98. The molecule has 0 radical (unpaired) electrons. The van der Waals surface area contributed by atoms with E-state index in [0.717, 1.165) is 44.5 Å². The van der Waals surface area contributed by atoms with Gasteiger partial charge >= 0.3 is 0 Å². The number of piperazine rings is 1. The van der Waals surface area contributed by atoms with E-state index in [-0.39, 0.29) is 18.1 Å². The Labute approximate surface area is 238 Å². The van der Waals surface area contributed by atoms with Crippen LogP contribution in [0.5, 0.6) is 0 Å². The Balaban J connectivity index is 0.00000142. The first-order valence-corrected chi connectivity index (χ1v) is 14.4. The molecule has 39 heavy (non-hydrogen) atoms. The molecule has 1 saturated heterocycles. The van der Waals surface area contributed by atoms with Gasteiger partial charge in [-0.1, -0.05) is 88.4 Å². The van der Waals surface area contributed by atoms with Crippen LogP contribution in [0.3, 0.4) is 0 Å². The van der Waals surface area contributed by atoms with Crippen molar-refractivity contribution in [2.45, 2.75) is 78.6 Å². The predicted molar refractivity (Wildman–Crippen MR) is 167 cm³/mol. The summed E-state index contributed by atoms with van der Waals surface area (Å²) >= 11 is 0. The number of amides is 1. The molecule has 216 valence electrons. The van der Waals surface area contributed by atoms with Crippen LogP contribution in [-0.4, -0.2) is 59.6 Å². The molecule has 6 heteroatoms. The standard InChI is InChI=1S/C28H41N5O.C3H8.C2H4/c1-5-24-14-16-25(17-15-24)11-9-10-18-32-21-27(29)33(23(3)28(32)34)22(2)20-31(4)30-19-26-12-7-6-8-13-26;1-3-2;1-2/h6-8,12-17,23,27,30H,2,5,9-11,18-21,29H2,1,3-4H3;3H2,1-2H3;1-2H2. The molecule has 0 aromatic heterocycles. The summed E-state index contributed by atoms with van der Waals surface area (Å²) < 4.78 is 0. The number of hydrogen-bond donors (Lipinski definition) is 2. The molecule has 1 aliphatic heterocycles. The monoisotopic (exact) mass is 535 g/mol. The topological polar surface area (TPSA) is 64.8 Å². The lowest BCUT2D eigenvalue weighted by Gasteiger charge is -2.46. The molecule has 0 bridgehead atoms. The number of rotatable bonds is 12. The zero-order valence-corrected chi connectivity index (χ0v) is 25.2. The van der Waals surface area contributed by atoms with Gasteiger partial charge in [-0.2, -0.15) is 0 Å². The molecule has 2 aromatic carbocycles. The van der Waals surface area contributed by atoms with Gasteiger partial charge in [0.2, 0.25) is 5.91 Å². The maximum atomic E-state index is 13.1. The van der Waals surface area contributed by atoms with Gasteiger partial charge in [0.25, 0.3) is 0 Å². The van der Waals surface area contributed by atoms with Crippen LogP contribution in [0.25, 0.3) is 0 Å². The van der Waals surface area contributed by atoms with Gasteiger partial charge in [-0.25, -0.2) is 5.01 Å². The number of nitrogens with zero attached hydrogens (tertiary/aromatic N) is 3. The maximum Gasteiger partial charge on any atom is 0.245 e. The van der Waals surface area contributed by atoms with E-state index in [1.807, 2.05) is 47.0 Å². The molecular formula is C33H53N5O. The van der Waals surface area contributed by atoms with E-state index in [1.54, 1.807) is 0 Å². The lowest BCUT2D eigenvalue weighted by Crippen LogP contribution is -2.64. The fourth-order valence-electron chi connectivity index (χ4n) is 4.59. The van der Waals surface area contributed by atoms with E-state index in [4.69, 9.17) is 5.73 Å². The number of likely N-dealkylation sites (N-methyl/N-ethyl adjacent to an activating group) is 1. The van der Waals surface area contributed by atoms with Crippen LogP contribution >= 0.6 is 0 Å². The van der Waals surface area contributed by atoms with E-state index < -0.39 is 0 Å². The minimum atomic E-state index is -0.305. The minimum Gasteiger partial charge on any atom is -0.345 e. The van der Waals surface area contributed by atoms with Crippen LogP contribution in [0.15, 0.2) is 80.0 Å². The van der Waals surface area contributed by atoms with Crippen molar-refractivity contribution < 1.29 is 4.79 Å². The van der Waals surface area contributed by atoms with Crippen molar-refractivity contribution in [3.05, 3.63) is 96.7 Å². The molecule has 2 unspecified atom stereocenters. The molecule has 2 atom stereocenters. The summed E-state index contributed by atoms with van der Waals surface area (Å²) in [6.45, 7) is 21.2. The Bertz CT molecular complexity index is 946. The van der Waals surface area contributed by atoms with Crippen molar-refractivity contribution in [3.63, 3.8) is 0 Å². The van der Waals surface area contributed by atoms with Crippen molar-refractivity contribution in [3.8, 4) is 0 Å². The summed E-state index contributed by atoms with van der Waals surface area (Å²) in [6, 6.07) is 18.8. The van der Waals surface area contributed by atoms with E-state index >= 15 is 0 Å². The van der Waals surface area contributed by atoms with E-state index in [9.17, 15) is 4.79 Å². The minimum absolute atomic E-state index is 0.134. The van der Waals surface area contributed by atoms with Gasteiger partial charge in [0.15, 0.2) is 0 Å². The third kappa shape index (κ3) is 11.8. The third-order valence-corrected chi connectivity index (χ3v) is 6.61. The first kappa shape index (κ1) is 34.1. The quantitative estimate of drug-likeness (QED) is 0.206. The molecule has 1 amide bonds. The average Bonchev–Trinajstić information content (AvgIpc) is 2.95. The van der Waals surface area contributed by atoms with Gasteiger partial charge in [-0.15, -0.1) is 13.2 Å². The van der Waals surface area contributed by atoms with Gasteiger partial charge in [0.1, 0.15) is 6.04 Å². The number of aryl methyl sites for hydroxylation is 2. The molecule has 1 aliphatic rings. The Kier molecular flexibility index (Phi) is 16.8. The zero-order valence-electron chi connectivity index (χ0n) is 25.2.